The number of hydrogen-bond donors (Lipinski definition) is 6. The highest BCUT2D eigenvalue weighted by atomic mass is 32.2. The van der Waals surface area contributed by atoms with Crippen LogP contribution >= 0.6 is 0 Å². The van der Waals surface area contributed by atoms with Gasteiger partial charge in [-0.05, 0) is 60.7 Å². The van der Waals surface area contributed by atoms with Crippen molar-refractivity contribution in [3.05, 3.63) is 84.9 Å². The molecule has 22 heteroatoms. The Kier molecular flexibility index (Phi) is 12.9. The summed E-state index contributed by atoms with van der Waals surface area (Å²) in [5.74, 6) is 0.798. The number of aliphatic hydroxyl groups is 2. The molecular weight excluding hydrogens is 761 g/mol. The molecule has 0 radical (unpaired) electrons. The first-order valence-electron chi connectivity index (χ1n) is 15.9. The van der Waals surface area contributed by atoms with Crippen LogP contribution in [0, 0.1) is 0 Å². The number of hydrogen-bond acceptors (Lipinski definition) is 18. The number of nitrogens with zero attached hydrogens (tertiary/aromatic N) is 8. The van der Waals surface area contributed by atoms with Crippen LogP contribution in [0.2, 0.25) is 0 Å². The van der Waals surface area contributed by atoms with Crippen LogP contribution in [0.1, 0.15) is 0 Å². The summed E-state index contributed by atoms with van der Waals surface area (Å²) in [5.41, 5.74) is 1.87. The third-order valence-electron chi connectivity index (χ3n) is 7.30. The number of rotatable bonds is 17. The van der Waals surface area contributed by atoms with Gasteiger partial charge in [-0.25, -0.2) is 0 Å². The van der Waals surface area contributed by atoms with Gasteiger partial charge in [0.05, 0.1) is 71.3 Å². The van der Waals surface area contributed by atoms with Gasteiger partial charge in [0.1, 0.15) is 11.5 Å². The molecule has 0 fully saturated rings. The van der Waals surface area contributed by atoms with Gasteiger partial charge in [-0.3, -0.25) is 9.11 Å². The molecule has 55 heavy (non-hydrogen) atoms. The molecule has 0 amide bonds. The summed E-state index contributed by atoms with van der Waals surface area (Å²) in [6.45, 7) is -0.332. The maximum atomic E-state index is 11.5. The molecule has 0 spiro atoms. The van der Waals surface area contributed by atoms with Crippen LogP contribution in [0.25, 0.3) is 0 Å². The Morgan fingerprint density at radius 1 is 0.600 bits per heavy atom. The summed E-state index contributed by atoms with van der Waals surface area (Å²) in [5, 5.41) is 41.9. The highest BCUT2D eigenvalue weighted by molar-refractivity contribution is 7.86. The van der Waals surface area contributed by atoms with E-state index in [-0.39, 0.29) is 65.3 Å². The van der Waals surface area contributed by atoms with E-state index in [9.17, 15) is 36.2 Å². The molecule has 1 heterocycles. The van der Waals surface area contributed by atoms with Crippen molar-refractivity contribution in [3.63, 3.8) is 0 Å². The number of aliphatic hydroxyl groups excluding tert-OH is 2. The smallest absolute Gasteiger partial charge is 0.294 e. The van der Waals surface area contributed by atoms with Gasteiger partial charge < -0.3 is 35.2 Å². The van der Waals surface area contributed by atoms with E-state index in [0.717, 1.165) is 0 Å². The lowest BCUT2D eigenvalue weighted by Gasteiger charge is -2.22. The van der Waals surface area contributed by atoms with Crippen molar-refractivity contribution in [3.8, 4) is 11.5 Å². The minimum Gasteiger partial charge on any atom is -0.494 e. The van der Waals surface area contributed by atoms with Gasteiger partial charge >= 0.3 is 0 Å². The summed E-state index contributed by atoms with van der Waals surface area (Å²) in [7, 11) is -5.99. The van der Waals surface area contributed by atoms with Crippen LogP contribution in [-0.2, 0) is 20.2 Å². The first-order chi connectivity index (χ1) is 26.3. The first-order valence-corrected chi connectivity index (χ1v) is 18.8. The number of benzene rings is 4. The van der Waals surface area contributed by atoms with Crippen LogP contribution in [-0.4, -0.2) is 91.6 Å². The number of anilines is 5. The van der Waals surface area contributed by atoms with Crippen LogP contribution in [0.15, 0.2) is 115 Å². The zero-order valence-electron chi connectivity index (χ0n) is 29.0. The Morgan fingerprint density at radius 3 is 1.36 bits per heavy atom. The van der Waals surface area contributed by atoms with Crippen molar-refractivity contribution < 1.29 is 45.6 Å². The van der Waals surface area contributed by atoms with Gasteiger partial charge in [-0.1, -0.05) is 12.1 Å². The number of nitrogens with one attached hydrogen (secondary N) is 2. The van der Waals surface area contributed by atoms with Crippen LogP contribution in [0.4, 0.5) is 52.0 Å². The third kappa shape index (κ3) is 10.9. The van der Waals surface area contributed by atoms with Crippen molar-refractivity contribution >= 4 is 72.2 Å². The Hall–Kier alpha value is -6.17. The zero-order valence-corrected chi connectivity index (χ0v) is 30.7. The van der Waals surface area contributed by atoms with Crippen molar-refractivity contribution in [1.29, 1.82) is 0 Å². The summed E-state index contributed by atoms with van der Waals surface area (Å²) in [6, 6.07) is 20.2. The maximum Gasteiger partial charge on any atom is 0.294 e. The van der Waals surface area contributed by atoms with Crippen molar-refractivity contribution in [2.45, 2.75) is 9.79 Å². The van der Waals surface area contributed by atoms with E-state index in [1.807, 2.05) is 0 Å². The van der Waals surface area contributed by atoms with Crippen molar-refractivity contribution in [2.24, 2.45) is 20.5 Å². The molecule has 6 N–H and O–H groups in total. The Bertz CT molecular complexity index is 2270. The lowest BCUT2D eigenvalue weighted by molar-refractivity contribution is 0.280. The number of ether oxygens (including phenoxy) is 2. The SMILES string of the molecule is COc1cc(N=Nc2cccc(S(=O)(=O)O)c2)ccc1Nc1nc(Nc2ccc(N=Nc3cccc(S(=O)(=O)O)c3)cc2OC)nc(N(CCO)CCO)n1. The quantitative estimate of drug-likeness (QED) is 0.0501. The summed E-state index contributed by atoms with van der Waals surface area (Å²) < 4.78 is 75.7. The second-order valence-electron chi connectivity index (χ2n) is 11.1. The van der Waals surface area contributed by atoms with Gasteiger partial charge in [0, 0.05) is 25.2 Å². The Morgan fingerprint density at radius 2 is 1.00 bits per heavy atom. The van der Waals surface area contributed by atoms with Crippen LogP contribution in [0.3, 0.4) is 0 Å². The molecule has 0 unspecified atom stereocenters. The van der Waals surface area contributed by atoms with Gasteiger partial charge in [0.25, 0.3) is 20.2 Å². The highest BCUT2D eigenvalue weighted by Crippen LogP contribution is 2.35. The number of aromatic nitrogens is 3. The molecule has 0 aliphatic heterocycles. The lowest BCUT2D eigenvalue weighted by atomic mass is 10.2. The predicted octanol–water partition coefficient (Wildman–Crippen LogP) is 5.49. The van der Waals surface area contributed by atoms with E-state index in [2.05, 4.69) is 46.0 Å². The fraction of sp³-hybridized carbons (Fsp3) is 0.182. The average molecular weight is 795 g/mol. The Labute approximate surface area is 314 Å². The second-order valence-corrected chi connectivity index (χ2v) is 13.9. The van der Waals surface area contributed by atoms with E-state index in [1.165, 1.54) is 62.8 Å². The fourth-order valence-electron chi connectivity index (χ4n) is 4.75. The second kappa shape index (κ2) is 17.8. The molecule has 0 aliphatic carbocycles. The molecule has 20 nitrogen and oxygen atoms in total. The molecule has 288 valence electrons. The maximum absolute atomic E-state index is 11.5. The van der Waals surface area contributed by atoms with Gasteiger partial charge in [0.15, 0.2) is 0 Å². The van der Waals surface area contributed by atoms with Gasteiger partial charge in [-0.15, -0.1) is 0 Å². The monoisotopic (exact) mass is 794 g/mol. The fourth-order valence-corrected chi connectivity index (χ4v) is 5.79. The number of azo groups is 2. The standard InChI is InChI=1S/C33H34N10O10S2/c1-52-29-19-23(41-39-21-5-3-7-25(17-21)54(46,47)48)9-11-27(29)34-31-36-32(38-33(37-31)43(13-15-44)14-16-45)35-28-12-10-24(20-30(28)53-2)42-40-22-6-4-8-26(18-22)55(49,50)51/h3-12,17-20,44-45H,13-16H2,1-2H3,(H,46,47,48)(H,49,50,51)(H2,34,35,36,37,38). The molecular formula is C33H34N10O10S2. The lowest BCUT2D eigenvalue weighted by Crippen LogP contribution is -2.31. The van der Waals surface area contributed by atoms with E-state index in [4.69, 9.17) is 9.47 Å². The topological polar surface area (TPSA) is 283 Å². The molecule has 1 aromatic heterocycles. The summed E-state index contributed by atoms with van der Waals surface area (Å²) >= 11 is 0. The molecule has 0 bridgehead atoms. The zero-order chi connectivity index (χ0) is 39.6. The summed E-state index contributed by atoms with van der Waals surface area (Å²) in [6.07, 6.45) is 0. The van der Waals surface area contributed by atoms with Crippen molar-refractivity contribution in [2.75, 3.05) is 56.1 Å². The first kappa shape index (κ1) is 40.0. The molecule has 0 aliphatic rings. The molecule has 0 atom stereocenters. The van der Waals surface area contributed by atoms with E-state index in [1.54, 1.807) is 41.3 Å². The molecule has 0 saturated carbocycles. The van der Waals surface area contributed by atoms with E-state index < -0.39 is 20.2 Å². The molecule has 4 aromatic carbocycles. The highest BCUT2D eigenvalue weighted by Gasteiger charge is 2.17. The molecule has 0 saturated heterocycles. The van der Waals surface area contributed by atoms with Crippen LogP contribution in [0.5, 0.6) is 11.5 Å². The average Bonchev–Trinajstić information content (AvgIpc) is 3.16. The van der Waals surface area contributed by atoms with E-state index in [0.29, 0.717) is 34.2 Å². The van der Waals surface area contributed by atoms with E-state index >= 15 is 0 Å². The van der Waals surface area contributed by atoms with Gasteiger partial charge in [0.2, 0.25) is 17.8 Å². The number of methoxy groups -OCH3 is 2. The Balaban J connectivity index is 1.43. The third-order valence-corrected chi connectivity index (χ3v) is 9.00. The largest absolute Gasteiger partial charge is 0.494 e. The minimum absolute atomic E-state index is 0.0413. The van der Waals surface area contributed by atoms with Gasteiger partial charge in [-0.2, -0.15) is 52.2 Å². The molecule has 5 rings (SSSR count). The summed E-state index contributed by atoms with van der Waals surface area (Å²) in [4.78, 5) is 14.4. The normalized spacial score (nSPS) is 11.9. The minimum atomic E-state index is -4.42. The van der Waals surface area contributed by atoms with Crippen molar-refractivity contribution in [1.82, 2.24) is 15.0 Å². The predicted molar refractivity (Wildman–Crippen MR) is 200 cm³/mol. The van der Waals surface area contributed by atoms with Crippen LogP contribution < -0.4 is 25.0 Å². The molecule has 5 aromatic rings.